The molecule has 0 aromatic heterocycles. The summed E-state index contributed by atoms with van der Waals surface area (Å²) in [6.07, 6.45) is 8.50. The molecule has 0 aliphatic heterocycles. The number of unbranched alkanes of at least 4 members (excludes halogenated alkanes) is 2. The van der Waals surface area contributed by atoms with E-state index in [1.807, 2.05) is 0 Å². The third-order valence-electron chi connectivity index (χ3n) is 4.37. The molecule has 2 N–H and O–H groups in total. The lowest BCUT2D eigenvalue weighted by Gasteiger charge is -2.30. The van der Waals surface area contributed by atoms with Crippen LogP contribution in [0, 0.1) is 0 Å². The smallest absolute Gasteiger partial charge is 0.0613 e. The highest BCUT2D eigenvalue weighted by Crippen LogP contribution is 2.32. The fraction of sp³-hybridized carbons (Fsp3) is 1.00. The Kier molecular flexibility index (Phi) is 7.20. The third-order valence-corrected chi connectivity index (χ3v) is 4.37. The maximum absolute atomic E-state index is 9.68. The molecule has 3 heteroatoms. The van der Waals surface area contributed by atoms with Gasteiger partial charge in [-0.15, -0.1) is 0 Å². The first-order chi connectivity index (χ1) is 8.67. The van der Waals surface area contributed by atoms with Crippen molar-refractivity contribution in [3.05, 3.63) is 0 Å². The van der Waals surface area contributed by atoms with Crippen molar-refractivity contribution in [2.24, 2.45) is 0 Å². The van der Waals surface area contributed by atoms with Crippen molar-refractivity contribution >= 4 is 0 Å². The van der Waals surface area contributed by atoms with E-state index in [1.54, 1.807) is 0 Å². The van der Waals surface area contributed by atoms with Gasteiger partial charge in [-0.25, -0.2) is 0 Å². The van der Waals surface area contributed by atoms with Crippen molar-refractivity contribution in [2.75, 3.05) is 26.7 Å². The molecule has 1 rings (SSSR count). The van der Waals surface area contributed by atoms with Crippen LogP contribution < -0.4 is 5.32 Å². The molecule has 108 valence electrons. The topological polar surface area (TPSA) is 35.5 Å². The van der Waals surface area contributed by atoms with E-state index in [0.717, 1.165) is 25.8 Å². The Morgan fingerprint density at radius 3 is 2.67 bits per heavy atom. The van der Waals surface area contributed by atoms with Gasteiger partial charge >= 0.3 is 0 Å². The van der Waals surface area contributed by atoms with Crippen LogP contribution in [0.2, 0.25) is 0 Å². The molecular formula is C15H32N2O. The monoisotopic (exact) mass is 256 g/mol. The van der Waals surface area contributed by atoms with Crippen LogP contribution in [0.3, 0.4) is 0 Å². The Labute approximate surface area is 113 Å². The number of hydrogen-bond acceptors (Lipinski definition) is 3. The van der Waals surface area contributed by atoms with Crippen molar-refractivity contribution in [1.82, 2.24) is 10.2 Å². The fourth-order valence-corrected chi connectivity index (χ4v) is 3.02. The highest BCUT2D eigenvalue weighted by molar-refractivity contribution is 4.98. The average Bonchev–Trinajstić information content (AvgIpc) is 2.82. The third kappa shape index (κ3) is 4.52. The maximum atomic E-state index is 9.68. The molecule has 0 aromatic rings. The van der Waals surface area contributed by atoms with E-state index in [-0.39, 0.29) is 12.1 Å². The zero-order valence-electron chi connectivity index (χ0n) is 12.5. The van der Waals surface area contributed by atoms with Crippen LogP contribution in [-0.4, -0.2) is 48.3 Å². The molecule has 0 bridgehead atoms. The predicted octanol–water partition coefficient (Wildman–Crippen LogP) is 2.39. The largest absolute Gasteiger partial charge is 0.394 e. The molecule has 3 nitrogen and oxygen atoms in total. The van der Waals surface area contributed by atoms with Crippen LogP contribution in [-0.2, 0) is 0 Å². The van der Waals surface area contributed by atoms with E-state index in [0.29, 0.717) is 6.04 Å². The van der Waals surface area contributed by atoms with Gasteiger partial charge < -0.3 is 15.3 Å². The summed E-state index contributed by atoms with van der Waals surface area (Å²) in [6.45, 7) is 6.94. The number of hydrogen-bond donors (Lipinski definition) is 2. The van der Waals surface area contributed by atoms with Crippen LogP contribution in [0.15, 0.2) is 0 Å². The Morgan fingerprint density at radius 2 is 2.06 bits per heavy atom. The van der Waals surface area contributed by atoms with E-state index in [9.17, 15) is 5.11 Å². The average molecular weight is 256 g/mol. The van der Waals surface area contributed by atoms with E-state index >= 15 is 0 Å². The van der Waals surface area contributed by atoms with Crippen molar-refractivity contribution in [2.45, 2.75) is 70.4 Å². The summed E-state index contributed by atoms with van der Waals surface area (Å²) in [5.74, 6) is 0. The molecule has 0 spiro atoms. The van der Waals surface area contributed by atoms with Crippen LogP contribution in [0.1, 0.15) is 58.8 Å². The number of rotatable bonds is 9. The first-order valence-corrected chi connectivity index (χ1v) is 7.73. The van der Waals surface area contributed by atoms with Gasteiger partial charge in [0.25, 0.3) is 0 Å². The zero-order chi connectivity index (χ0) is 13.4. The molecule has 0 heterocycles. The minimum Gasteiger partial charge on any atom is -0.394 e. The predicted molar refractivity (Wildman–Crippen MR) is 77.9 cm³/mol. The van der Waals surface area contributed by atoms with Gasteiger partial charge in [-0.1, -0.05) is 26.7 Å². The number of aliphatic hydroxyl groups excluding tert-OH is 1. The molecule has 2 atom stereocenters. The minimum absolute atomic E-state index is 0.000305. The summed E-state index contributed by atoms with van der Waals surface area (Å²) in [5.41, 5.74) is -0.000305. The van der Waals surface area contributed by atoms with Crippen molar-refractivity contribution in [3.63, 3.8) is 0 Å². The summed E-state index contributed by atoms with van der Waals surface area (Å²) < 4.78 is 0. The lowest BCUT2D eigenvalue weighted by Crippen LogP contribution is -2.48. The van der Waals surface area contributed by atoms with Crippen LogP contribution >= 0.6 is 0 Å². The Balaban J connectivity index is 2.37. The summed E-state index contributed by atoms with van der Waals surface area (Å²) in [4.78, 5) is 2.50. The lowest BCUT2D eigenvalue weighted by molar-refractivity contribution is 0.150. The van der Waals surface area contributed by atoms with Crippen LogP contribution in [0.4, 0.5) is 0 Å². The molecule has 0 aromatic carbocycles. The molecule has 2 unspecified atom stereocenters. The number of aliphatic hydroxyl groups is 1. The molecule has 0 amide bonds. The van der Waals surface area contributed by atoms with Gasteiger partial charge in [0.15, 0.2) is 0 Å². The lowest BCUT2D eigenvalue weighted by atomic mass is 9.98. The Hall–Kier alpha value is -0.120. The van der Waals surface area contributed by atoms with Crippen LogP contribution in [0.5, 0.6) is 0 Å². The van der Waals surface area contributed by atoms with E-state index < -0.39 is 0 Å². The summed E-state index contributed by atoms with van der Waals surface area (Å²) >= 11 is 0. The molecule has 0 radical (unpaired) electrons. The summed E-state index contributed by atoms with van der Waals surface area (Å²) in [7, 11) is 2.24. The van der Waals surface area contributed by atoms with E-state index in [1.165, 1.54) is 32.2 Å². The normalized spacial score (nSPS) is 28.2. The fourth-order valence-electron chi connectivity index (χ4n) is 3.02. The second kappa shape index (κ2) is 8.13. The van der Waals surface area contributed by atoms with Crippen molar-refractivity contribution in [3.8, 4) is 0 Å². The molecule has 1 fully saturated rings. The second-order valence-corrected chi connectivity index (χ2v) is 5.95. The van der Waals surface area contributed by atoms with Gasteiger partial charge in [0.2, 0.25) is 0 Å². The minimum atomic E-state index is -0.000305. The highest BCUT2D eigenvalue weighted by Gasteiger charge is 2.39. The maximum Gasteiger partial charge on any atom is 0.0613 e. The molecular weight excluding hydrogens is 224 g/mol. The molecule has 0 saturated heterocycles. The molecule has 1 aliphatic carbocycles. The number of nitrogens with zero attached hydrogens (tertiary/aromatic N) is 1. The van der Waals surface area contributed by atoms with Gasteiger partial charge in [-0.3, -0.25) is 0 Å². The van der Waals surface area contributed by atoms with Gasteiger partial charge in [0, 0.05) is 11.6 Å². The highest BCUT2D eigenvalue weighted by atomic mass is 16.3. The van der Waals surface area contributed by atoms with Gasteiger partial charge in [0.05, 0.1) is 6.61 Å². The van der Waals surface area contributed by atoms with Gasteiger partial charge in [-0.05, 0) is 52.2 Å². The summed E-state index contributed by atoms with van der Waals surface area (Å²) in [5, 5.41) is 13.2. The molecule has 1 aliphatic rings. The van der Waals surface area contributed by atoms with E-state index in [2.05, 4.69) is 31.1 Å². The quantitative estimate of drug-likeness (QED) is 0.622. The summed E-state index contributed by atoms with van der Waals surface area (Å²) in [6, 6.07) is 0.651. The molecule has 1 saturated carbocycles. The Morgan fingerprint density at radius 1 is 1.28 bits per heavy atom. The van der Waals surface area contributed by atoms with Gasteiger partial charge in [0.1, 0.15) is 0 Å². The number of nitrogens with one attached hydrogen (secondary N) is 1. The van der Waals surface area contributed by atoms with Crippen molar-refractivity contribution in [1.29, 1.82) is 0 Å². The Bertz CT molecular complexity index is 223. The van der Waals surface area contributed by atoms with Gasteiger partial charge in [-0.2, -0.15) is 0 Å². The van der Waals surface area contributed by atoms with Crippen LogP contribution in [0.25, 0.3) is 0 Å². The first kappa shape index (κ1) is 15.9. The standard InChI is InChI=1S/C15H32N2O/c1-4-6-7-11-17(3)14-8-9-15(12-14,13-18)16-10-5-2/h14,16,18H,4-13H2,1-3H3. The second-order valence-electron chi connectivity index (χ2n) is 5.95. The zero-order valence-corrected chi connectivity index (χ0v) is 12.5. The molecule has 18 heavy (non-hydrogen) atoms. The van der Waals surface area contributed by atoms with Crippen molar-refractivity contribution < 1.29 is 5.11 Å². The SMILES string of the molecule is CCCCCN(C)C1CCC(CO)(NCCC)C1. The van der Waals surface area contributed by atoms with E-state index in [4.69, 9.17) is 0 Å². The first-order valence-electron chi connectivity index (χ1n) is 7.73.